The molecule has 0 saturated heterocycles. The zero-order valence-corrected chi connectivity index (χ0v) is 14.1. The van der Waals surface area contributed by atoms with Crippen molar-refractivity contribution in [2.24, 2.45) is 0 Å². The van der Waals surface area contributed by atoms with Crippen LogP contribution in [0, 0.1) is 0 Å². The van der Waals surface area contributed by atoms with Gasteiger partial charge in [-0.15, -0.1) is 0 Å². The topological polar surface area (TPSA) is 56.7 Å². The fourth-order valence-corrected chi connectivity index (χ4v) is 3.34. The number of rotatable bonds is 6. The number of nitrogens with zero attached hydrogens (tertiary/aromatic N) is 3. The first-order chi connectivity index (χ1) is 11.6. The highest BCUT2D eigenvalue weighted by atomic mass is 16.3. The van der Waals surface area contributed by atoms with E-state index < -0.39 is 5.72 Å². The summed E-state index contributed by atoms with van der Waals surface area (Å²) in [7, 11) is 0. The van der Waals surface area contributed by atoms with Crippen LogP contribution in [0.3, 0.4) is 0 Å². The van der Waals surface area contributed by atoms with Crippen LogP contribution in [0.1, 0.15) is 35.3 Å². The Morgan fingerprint density at radius 2 is 1.92 bits per heavy atom. The molecule has 5 heteroatoms. The van der Waals surface area contributed by atoms with E-state index in [0.717, 1.165) is 19.6 Å². The maximum Gasteiger partial charge on any atom is 0.257 e. The summed E-state index contributed by atoms with van der Waals surface area (Å²) in [5.41, 5.74) is 0.337. The number of carbonyl (C=O) groups is 1. The molecule has 0 radical (unpaired) electrons. The molecule has 24 heavy (non-hydrogen) atoms. The molecule has 0 fully saturated rings. The van der Waals surface area contributed by atoms with Gasteiger partial charge in [0.05, 0.1) is 0 Å². The predicted octanol–water partition coefficient (Wildman–Crippen LogP) is 2.07. The SMILES string of the molecule is CCN(CC)CCN1C(=O)c2ccccc2C1(O)c1cccnc1. The van der Waals surface area contributed by atoms with Crippen LogP contribution < -0.4 is 0 Å². The highest BCUT2D eigenvalue weighted by molar-refractivity contribution is 6.00. The first-order valence-corrected chi connectivity index (χ1v) is 8.39. The lowest BCUT2D eigenvalue weighted by Crippen LogP contribution is -2.48. The monoisotopic (exact) mass is 325 g/mol. The number of pyridine rings is 1. The van der Waals surface area contributed by atoms with E-state index in [1.165, 1.54) is 0 Å². The van der Waals surface area contributed by atoms with E-state index in [9.17, 15) is 9.90 Å². The van der Waals surface area contributed by atoms with Crippen molar-refractivity contribution in [3.63, 3.8) is 0 Å². The summed E-state index contributed by atoms with van der Waals surface area (Å²) < 4.78 is 0. The molecule has 2 heterocycles. The first kappa shape index (κ1) is 16.6. The van der Waals surface area contributed by atoms with Gasteiger partial charge in [-0.1, -0.05) is 38.1 Å². The van der Waals surface area contributed by atoms with E-state index in [0.29, 0.717) is 23.2 Å². The largest absolute Gasteiger partial charge is 0.363 e. The predicted molar refractivity (Wildman–Crippen MR) is 92.5 cm³/mol. The molecule has 126 valence electrons. The Balaban J connectivity index is 2.02. The minimum atomic E-state index is -1.46. The van der Waals surface area contributed by atoms with Crippen molar-refractivity contribution in [1.29, 1.82) is 0 Å². The summed E-state index contributed by atoms with van der Waals surface area (Å²) in [6.45, 7) is 7.19. The van der Waals surface area contributed by atoms with Gasteiger partial charge >= 0.3 is 0 Å². The summed E-state index contributed by atoms with van der Waals surface area (Å²) in [6, 6.07) is 10.9. The third-order valence-corrected chi connectivity index (χ3v) is 4.77. The van der Waals surface area contributed by atoms with Crippen LogP contribution in [0.4, 0.5) is 0 Å². The van der Waals surface area contributed by atoms with Gasteiger partial charge < -0.3 is 14.9 Å². The molecule has 1 amide bonds. The van der Waals surface area contributed by atoms with Gasteiger partial charge in [0, 0.05) is 42.2 Å². The van der Waals surface area contributed by atoms with E-state index in [1.54, 1.807) is 29.4 Å². The molecule has 0 spiro atoms. The number of hydrogen-bond donors (Lipinski definition) is 1. The number of fused-ring (bicyclic) bond motifs is 1. The fourth-order valence-electron chi connectivity index (χ4n) is 3.34. The van der Waals surface area contributed by atoms with Crippen molar-refractivity contribution in [3.05, 3.63) is 65.5 Å². The second-order valence-electron chi connectivity index (χ2n) is 5.94. The third kappa shape index (κ3) is 2.60. The second-order valence-corrected chi connectivity index (χ2v) is 5.94. The Morgan fingerprint density at radius 1 is 1.17 bits per heavy atom. The lowest BCUT2D eigenvalue weighted by molar-refractivity contribution is -0.0526. The maximum absolute atomic E-state index is 12.9. The zero-order valence-electron chi connectivity index (χ0n) is 14.1. The van der Waals surface area contributed by atoms with Crippen LogP contribution in [0.15, 0.2) is 48.8 Å². The number of hydrogen-bond acceptors (Lipinski definition) is 4. The van der Waals surface area contributed by atoms with Crippen molar-refractivity contribution in [2.75, 3.05) is 26.2 Å². The molecule has 1 atom stereocenters. The van der Waals surface area contributed by atoms with E-state index in [2.05, 4.69) is 23.7 Å². The highest BCUT2D eigenvalue weighted by Gasteiger charge is 2.49. The molecule has 1 aliphatic heterocycles. The standard InChI is InChI=1S/C19H23N3O2/c1-3-21(4-2)12-13-22-18(23)16-9-5-6-10-17(16)19(22,24)15-8-7-11-20-14-15/h5-11,14,24H,3-4,12-13H2,1-2H3. The molecule has 0 saturated carbocycles. The Hall–Kier alpha value is -2.24. The zero-order chi connectivity index (χ0) is 17.2. The molecule has 2 aromatic rings. The molecule has 0 bridgehead atoms. The van der Waals surface area contributed by atoms with Gasteiger partial charge in [-0.2, -0.15) is 0 Å². The lowest BCUT2D eigenvalue weighted by Gasteiger charge is -2.35. The van der Waals surface area contributed by atoms with Crippen molar-refractivity contribution in [1.82, 2.24) is 14.8 Å². The maximum atomic E-state index is 12.9. The molecule has 0 aliphatic carbocycles. The van der Waals surface area contributed by atoms with Crippen molar-refractivity contribution in [3.8, 4) is 0 Å². The summed E-state index contributed by atoms with van der Waals surface area (Å²) in [4.78, 5) is 20.8. The van der Waals surface area contributed by atoms with E-state index in [-0.39, 0.29) is 5.91 Å². The number of likely N-dealkylation sites (N-methyl/N-ethyl adjacent to an activating group) is 1. The minimum absolute atomic E-state index is 0.135. The second kappa shape index (κ2) is 6.71. The molecule has 5 nitrogen and oxygen atoms in total. The van der Waals surface area contributed by atoms with Crippen molar-refractivity contribution in [2.45, 2.75) is 19.6 Å². The summed E-state index contributed by atoms with van der Waals surface area (Å²) in [5, 5.41) is 11.5. The molecule has 1 aliphatic rings. The summed E-state index contributed by atoms with van der Waals surface area (Å²) >= 11 is 0. The van der Waals surface area contributed by atoms with Gasteiger partial charge in [0.15, 0.2) is 5.72 Å². The molecule has 1 aromatic heterocycles. The Bertz CT molecular complexity index is 716. The quantitative estimate of drug-likeness (QED) is 0.883. The number of aromatic nitrogens is 1. The van der Waals surface area contributed by atoms with Crippen LogP contribution >= 0.6 is 0 Å². The summed E-state index contributed by atoms with van der Waals surface area (Å²) in [6.07, 6.45) is 3.29. The van der Waals surface area contributed by atoms with Crippen molar-refractivity contribution < 1.29 is 9.90 Å². The molecular weight excluding hydrogens is 302 g/mol. The number of amides is 1. The smallest absolute Gasteiger partial charge is 0.257 e. The minimum Gasteiger partial charge on any atom is -0.363 e. The molecule has 1 N–H and O–H groups in total. The molecule has 3 rings (SSSR count). The third-order valence-electron chi connectivity index (χ3n) is 4.77. The van der Waals surface area contributed by atoms with E-state index in [4.69, 9.17) is 0 Å². The molecular formula is C19H23N3O2. The first-order valence-electron chi connectivity index (χ1n) is 8.39. The number of aliphatic hydroxyl groups is 1. The number of benzene rings is 1. The van der Waals surface area contributed by atoms with Gasteiger partial charge in [-0.05, 0) is 25.2 Å². The van der Waals surface area contributed by atoms with E-state index in [1.807, 2.05) is 24.3 Å². The Kier molecular flexibility index (Phi) is 4.64. The fraction of sp³-hybridized carbons (Fsp3) is 0.368. The summed E-state index contributed by atoms with van der Waals surface area (Å²) in [5.74, 6) is -0.135. The van der Waals surface area contributed by atoms with Crippen LogP contribution in [-0.4, -0.2) is 52.0 Å². The van der Waals surface area contributed by atoms with Crippen molar-refractivity contribution >= 4 is 5.91 Å². The van der Waals surface area contributed by atoms with Crippen LogP contribution in [0.25, 0.3) is 0 Å². The van der Waals surface area contributed by atoms with Gasteiger partial charge in [0.25, 0.3) is 5.91 Å². The van der Waals surface area contributed by atoms with Crippen LogP contribution in [0.5, 0.6) is 0 Å². The van der Waals surface area contributed by atoms with Crippen LogP contribution in [0.2, 0.25) is 0 Å². The molecule has 1 aromatic carbocycles. The average molecular weight is 325 g/mol. The van der Waals surface area contributed by atoms with Gasteiger partial charge in [-0.3, -0.25) is 9.78 Å². The lowest BCUT2D eigenvalue weighted by atomic mass is 9.95. The Morgan fingerprint density at radius 3 is 2.58 bits per heavy atom. The van der Waals surface area contributed by atoms with Gasteiger partial charge in [0.2, 0.25) is 0 Å². The van der Waals surface area contributed by atoms with E-state index >= 15 is 0 Å². The van der Waals surface area contributed by atoms with Crippen LogP contribution in [-0.2, 0) is 5.72 Å². The van der Waals surface area contributed by atoms with Gasteiger partial charge in [-0.25, -0.2) is 0 Å². The Labute approximate surface area is 142 Å². The number of carbonyl (C=O) groups excluding carboxylic acids is 1. The highest BCUT2D eigenvalue weighted by Crippen LogP contribution is 2.41. The van der Waals surface area contributed by atoms with Gasteiger partial charge in [0.1, 0.15) is 0 Å². The average Bonchev–Trinajstić information content (AvgIpc) is 2.86. The molecule has 1 unspecified atom stereocenters. The normalized spacial score (nSPS) is 19.8.